The summed E-state index contributed by atoms with van der Waals surface area (Å²) >= 11 is 0. The van der Waals surface area contributed by atoms with Gasteiger partial charge in [0, 0.05) is 49.5 Å². The fourth-order valence-electron chi connectivity index (χ4n) is 3.49. The van der Waals surface area contributed by atoms with Gasteiger partial charge < -0.3 is 20.1 Å². The molecule has 1 unspecified atom stereocenters. The molecule has 33 heavy (non-hydrogen) atoms. The van der Waals surface area contributed by atoms with Gasteiger partial charge in [0.1, 0.15) is 35.8 Å². The van der Waals surface area contributed by atoms with E-state index in [1.165, 1.54) is 12.1 Å². The van der Waals surface area contributed by atoms with E-state index in [9.17, 15) is 18.4 Å². The second-order valence-corrected chi connectivity index (χ2v) is 7.60. The minimum Gasteiger partial charge on any atom is -0.490 e. The van der Waals surface area contributed by atoms with Crippen molar-refractivity contribution in [3.63, 3.8) is 0 Å². The van der Waals surface area contributed by atoms with Crippen molar-refractivity contribution in [3.05, 3.63) is 65.1 Å². The topological polar surface area (TPSA) is 94.5 Å². The number of carbonyl (C=O) groups is 2. The number of anilines is 1. The van der Waals surface area contributed by atoms with Gasteiger partial charge in [-0.25, -0.2) is 8.78 Å². The van der Waals surface area contributed by atoms with Gasteiger partial charge in [-0.15, -0.1) is 0 Å². The van der Waals surface area contributed by atoms with Gasteiger partial charge in [-0.2, -0.15) is 5.10 Å². The number of nitrogens with zero attached hydrogens (tertiary/aromatic N) is 2. The molecule has 2 N–H and O–H groups in total. The van der Waals surface area contributed by atoms with Crippen LogP contribution in [-0.2, 0) is 13.5 Å². The van der Waals surface area contributed by atoms with E-state index in [1.807, 2.05) is 6.92 Å². The Bertz CT molecular complexity index is 1210. The molecule has 1 aromatic heterocycles. The summed E-state index contributed by atoms with van der Waals surface area (Å²) in [6, 6.07) is 8.60. The van der Waals surface area contributed by atoms with Crippen LogP contribution in [0.4, 0.5) is 14.6 Å². The molecule has 2 aromatic carbocycles. The predicted octanol–water partition coefficient (Wildman–Crippen LogP) is 3.63. The molecule has 0 saturated carbocycles. The zero-order chi connectivity index (χ0) is 23.5. The Labute approximate surface area is 188 Å². The summed E-state index contributed by atoms with van der Waals surface area (Å²) in [6.07, 6.45) is 2.14. The van der Waals surface area contributed by atoms with Gasteiger partial charge in [0.2, 0.25) is 0 Å². The second kappa shape index (κ2) is 9.27. The lowest BCUT2D eigenvalue weighted by Crippen LogP contribution is -2.26. The highest BCUT2D eigenvalue weighted by Gasteiger charge is 2.26. The number of benzene rings is 2. The van der Waals surface area contributed by atoms with E-state index >= 15 is 0 Å². The Kier molecular flexibility index (Phi) is 6.25. The summed E-state index contributed by atoms with van der Waals surface area (Å²) < 4.78 is 40.0. The molecule has 8 nitrogen and oxygen atoms in total. The third-order valence-corrected chi connectivity index (χ3v) is 5.00. The van der Waals surface area contributed by atoms with Crippen molar-refractivity contribution in [2.24, 2.45) is 7.05 Å². The Balaban J connectivity index is 1.60. The van der Waals surface area contributed by atoms with Crippen LogP contribution in [0.1, 0.15) is 33.2 Å². The lowest BCUT2D eigenvalue weighted by molar-refractivity contribution is 0.0946. The van der Waals surface area contributed by atoms with E-state index < -0.39 is 24.3 Å². The van der Waals surface area contributed by atoms with Gasteiger partial charge in [0.25, 0.3) is 11.8 Å². The number of alkyl halides is 1. The lowest BCUT2D eigenvalue weighted by atomic mass is 10.1. The molecule has 1 atom stereocenters. The Morgan fingerprint density at radius 3 is 2.76 bits per heavy atom. The van der Waals surface area contributed by atoms with Crippen LogP contribution in [-0.4, -0.2) is 40.9 Å². The van der Waals surface area contributed by atoms with Crippen molar-refractivity contribution in [2.75, 3.05) is 18.5 Å². The molecule has 0 radical (unpaired) electrons. The van der Waals surface area contributed by atoms with E-state index in [1.54, 1.807) is 36.1 Å². The molecule has 0 bridgehead atoms. The monoisotopic (exact) mass is 456 g/mol. The van der Waals surface area contributed by atoms with Gasteiger partial charge in [-0.05, 0) is 31.2 Å². The SMILES string of the molecule is CC1Cc2c(Oc3ccc(C(=O)NCCF)c(F)c3)cc(C(=O)Nc3ccn(C)n3)cc2O1. The third-order valence-electron chi connectivity index (χ3n) is 5.00. The summed E-state index contributed by atoms with van der Waals surface area (Å²) in [7, 11) is 1.74. The summed E-state index contributed by atoms with van der Waals surface area (Å²) in [5.41, 5.74) is 0.815. The zero-order valence-corrected chi connectivity index (χ0v) is 18.0. The number of fused-ring (bicyclic) bond motifs is 1. The van der Waals surface area contributed by atoms with Gasteiger partial charge in [-0.1, -0.05) is 0 Å². The number of amides is 2. The number of carbonyl (C=O) groups excluding carboxylic acids is 2. The van der Waals surface area contributed by atoms with Crippen molar-refractivity contribution in [1.82, 2.24) is 15.1 Å². The Morgan fingerprint density at radius 2 is 2.06 bits per heavy atom. The van der Waals surface area contributed by atoms with Gasteiger partial charge in [0.05, 0.1) is 5.56 Å². The molecule has 1 aliphatic heterocycles. The van der Waals surface area contributed by atoms with Crippen LogP contribution in [0.15, 0.2) is 42.6 Å². The minimum absolute atomic E-state index is 0.116. The standard InChI is InChI=1S/C23H22F2N4O4/c1-13-9-17-19(32-13)10-14(22(30)27-21-5-8-29(2)28-21)11-20(17)33-15-3-4-16(18(25)12-15)23(31)26-7-6-24/h3-5,8,10-13H,6-7,9H2,1-2H3,(H,26,31)(H,27,28,30). The molecule has 0 saturated heterocycles. The maximum absolute atomic E-state index is 14.5. The van der Waals surface area contributed by atoms with Gasteiger partial charge in [-0.3, -0.25) is 14.3 Å². The van der Waals surface area contributed by atoms with Crippen LogP contribution in [0.3, 0.4) is 0 Å². The molecule has 4 rings (SSSR count). The Hall–Kier alpha value is -3.95. The van der Waals surface area contributed by atoms with E-state index in [0.717, 1.165) is 11.6 Å². The largest absolute Gasteiger partial charge is 0.490 e. The number of hydrogen-bond donors (Lipinski definition) is 2. The average molecular weight is 456 g/mol. The van der Waals surface area contributed by atoms with Crippen molar-refractivity contribution >= 4 is 17.6 Å². The maximum atomic E-state index is 14.5. The maximum Gasteiger partial charge on any atom is 0.257 e. The van der Waals surface area contributed by atoms with E-state index in [4.69, 9.17) is 9.47 Å². The molecule has 2 heterocycles. The molecule has 2 amide bonds. The van der Waals surface area contributed by atoms with Crippen LogP contribution in [0.2, 0.25) is 0 Å². The quantitative estimate of drug-likeness (QED) is 0.566. The number of nitrogens with one attached hydrogen (secondary N) is 2. The molecule has 0 aliphatic carbocycles. The van der Waals surface area contributed by atoms with Crippen LogP contribution in [0.25, 0.3) is 0 Å². The zero-order valence-electron chi connectivity index (χ0n) is 18.0. The highest BCUT2D eigenvalue weighted by atomic mass is 19.1. The van der Waals surface area contributed by atoms with Crippen LogP contribution in [0, 0.1) is 5.82 Å². The van der Waals surface area contributed by atoms with Crippen LogP contribution in [0.5, 0.6) is 17.2 Å². The number of ether oxygens (including phenoxy) is 2. The summed E-state index contributed by atoms with van der Waals surface area (Å²) in [6.45, 7) is 0.945. The van der Waals surface area contributed by atoms with E-state index in [0.29, 0.717) is 23.7 Å². The molecule has 172 valence electrons. The third kappa shape index (κ3) is 4.94. The van der Waals surface area contributed by atoms with Crippen molar-refractivity contribution in [1.29, 1.82) is 0 Å². The predicted molar refractivity (Wildman–Crippen MR) is 116 cm³/mol. The molecular formula is C23H22F2N4O4. The number of rotatable bonds is 7. The highest BCUT2D eigenvalue weighted by molar-refractivity contribution is 6.04. The summed E-state index contributed by atoms with van der Waals surface area (Å²) in [5.74, 6) is -0.550. The summed E-state index contributed by atoms with van der Waals surface area (Å²) in [4.78, 5) is 24.7. The highest BCUT2D eigenvalue weighted by Crippen LogP contribution is 2.39. The molecule has 3 aromatic rings. The number of aromatic nitrogens is 2. The number of halogens is 2. The summed E-state index contributed by atoms with van der Waals surface area (Å²) in [5, 5.41) is 9.11. The van der Waals surface area contributed by atoms with Crippen molar-refractivity contribution in [3.8, 4) is 17.2 Å². The van der Waals surface area contributed by atoms with Gasteiger partial charge >= 0.3 is 0 Å². The smallest absolute Gasteiger partial charge is 0.257 e. The van der Waals surface area contributed by atoms with E-state index in [-0.39, 0.29) is 29.5 Å². The van der Waals surface area contributed by atoms with Gasteiger partial charge in [0.15, 0.2) is 5.82 Å². The lowest BCUT2D eigenvalue weighted by Gasteiger charge is -2.13. The van der Waals surface area contributed by atoms with Crippen LogP contribution >= 0.6 is 0 Å². The normalized spacial score (nSPS) is 14.4. The molecule has 1 aliphatic rings. The molecule has 10 heteroatoms. The first-order valence-corrected chi connectivity index (χ1v) is 10.3. The van der Waals surface area contributed by atoms with Crippen LogP contribution < -0.4 is 20.1 Å². The van der Waals surface area contributed by atoms with Crippen molar-refractivity contribution < 1.29 is 27.8 Å². The molecule has 0 fully saturated rings. The first kappa shape index (κ1) is 22.3. The minimum atomic E-state index is -0.811. The fraction of sp³-hybridized carbons (Fsp3) is 0.261. The number of hydrogen-bond acceptors (Lipinski definition) is 5. The Morgan fingerprint density at radius 1 is 1.24 bits per heavy atom. The first-order valence-electron chi connectivity index (χ1n) is 10.3. The molecule has 0 spiro atoms. The number of aryl methyl sites for hydroxylation is 1. The molecular weight excluding hydrogens is 434 g/mol. The second-order valence-electron chi connectivity index (χ2n) is 7.60. The first-order chi connectivity index (χ1) is 15.8. The van der Waals surface area contributed by atoms with E-state index in [2.05, 4.69) is 15.7 Å². The van der Waals surface area contributed by atoms with Crippen molar-refractivity contribution in [2.45, 2.75) is 19.4 Å². The average Bonchev–Trinajstić information content (AvgIpc) is 3.36. The fourth-order valence-corrected chi connectivity index (χ4v) is 3.49.